The van der Waals surface area contributed by atoms with Gasteiger partial charge in [0.2, 0.25) is 0 Å². The van der Waals surface area contributed by atoms with Gasteiger partial charge >= 0.3 is 6.36 Å². The van der Waals surface area contributed by atoms with Crippen molar-refractivity contribution in [1.82, 2.24) is 10.2 Å². The summed E-state index contributed by atoms with van der Waals surface area (Å²) >= 11 is 0. The summed E-state index contributed by atoms with van der Waals surface area (Å²) in [4.78, 5) is 2.31. The lowest BCUT2D eigenvalue weighted by atomic mass is 9.89. The predicted octanol–water partition coefficient (Wildman–Crippen LogP) is 3.59. The molecule has 1 fully saturated rings. The molecule has 2 rings (SSSR count). The molecule has 0 aromatic heterocycles. The second-order valence-electron chi connectivity index (χ2n) is 6.07. The average Bonchev–Trinajstić information content (AvgIpc) is 2.54. The van der Waals surface area contributed by atoms with E-state index in [-0.39, 0.29) is 17.7 Å². The molecular formula is C17H25F3N2O2. The Bertz CT molecular complexity index is 531. The molecule has 4 nitrogen and oxygen atoms in total. The molecule has 1 unspecified atom stereocenters. The number of nitrogens with zero attached hydrogens (tertiary/aromatic N) is 1. The average molecular weight is 346 g/mol. The van der Waals surface area contributed by atoms with Crippen molar-refractivity contribution in [3.63, 3.8) is 0 Å². The van der Waals surface area contributed by atoms with E-state index in [0.717, 1.165) is 38.2 Å². The number of benzene rings is 1. The number of nitrogens with one attached hydrogen (secondary N) is 1. The molecule has 1 aromatic carbocycles. The van der Waals surface area contributed by atoms with Crippen LogP contribution < -0.4 is 14.8 Å². The van der Waals surface area contributed by atoms with Gasteiger partial charge < -0.3 is 14.8 Å². The SMILES string of the molecule is CCC(C)[C@@H](c1cc(OC(F)(F)F)ccc1OC)N1CCNCC1. The molecule has 1 saturated heterocycles. The molecule has 2 atom stereocenters. The van der Waals surface area contributed by atoms with Crippen LogP contribution in [0.4, 0.5) is 13.2 Å². The summed E-state index contributed by atoms with van der Waals surface area (Å²) in [5.41, 5.74) is 0.746. The quantitative estimate of drug-likeness (QED) is 0.854. The summed E-state index contributed by atoms with van der Waals surface area (Å²) in [7, 11) is 1.54. The van der Waals surface area contributed by atoms with Crippen LogP contribution in [-0.4, -0.2) is 44.6 Å². The van der Waals surface area contributed by atoms with Gasteiger partial charge in [0.05, 0.1) is 7.11 Å². The number of ether oxygens (including phenoxy) is 2. The van der Waals surface area contributed by atoms with Gasteiger partial charge in [-0.2, -0.15) is 0 Å². The highest BCUT2D eigenvalue weighted by molar-refractivity contribution is 5.42. The highest BCUT2D eigenvalue weighted by Crippen LogP contribution is 2.39. The fourth-order valence-corrected chi connectivity index (χ4v) is 3.19. The predicted molar refractivity (Wildman–Crippen MR) is 86.3 cm³/mol. The summed E-state index contributed by atoms with van der Waals surface area (Å²) in [6.07, 6.45) is -3.78. The van der Waals surface area contributed by atoms with E-state index in [2.05, 4.69) is 28.8 Å². The van der Waals surface area contributed by atoms with Crippen LogP contribution in [0.3, 0.4) is 0 Å². The fourth-order valence-electron chi connectivity index (χ4n) is 3.19. The number of alkyl halides is 3. The van der Waals surface area contributed by atoms with Gasteiger partial charge in [-0.05, 0) is 24.1 Å². The Morgan fingerprint density at radius 2 is 1.92 bits per heavy atom. The summed E-state index contributed by atoms with van der Waals surface area (Å²) in [5.74, 6) is 0.660. The first kappa shape index (κ1) is 18.9. The summed E-state index contributed by atoms with van der Waals surface area (Å²) in [6, 6.07) is 4.30. The van der Waals surface area contributed by atoms with Crippen molar-refractivity contribution in [2.24, 2.45) is 5.92 Å². The molecule has 0 saturated carbocycles. The van der Waals surface area contributed by atoms with Gasteiger partial charge in [-0.1, -0.05) is 20.3 Å². The molecule has 1 aromatic rings. The molecule has 0 amide bonds. The molecule has 7 heteroatoms. The van der Waals surface area contributed by atoms with Crippen molar-refractivity contribution in [1.29, 1.82) is 0 Å². The van der Waals surface area contributed by atoms with Gasteiger partial charge in [0.15, 0.2) is 0 Å². The zero-order valence-electron chi connectivity index (χ0n) is 14.3. The van der Waals surface area contributed by atoms with E-state index >= 15 is 0 Å². The summed E-state index contributed by atoms with van der Waals surface area (Å²) in [6.45, 7) is 7.64. The second-order valence-corrected chi connectivity index (χ2v) is 6.07. The molecule has 0 spiro atoms. The van der Waals surface area contributed by atoms with E-state index in [1.807, 2.05) is 0 Å². The van der Waals surface area contributed by atoms with E-state index in [1.165, 1.54) is 19.2 Å². The second kappa shape index (κ2) is 8.07. The third-order valence-corrected chi connectivity index (χ3v) is 4.48. The van der Waals surface area contributed by atoms with Crippen LogP contribution in [0.1, 0.15) is 31.9 Å². The van der Waals surface area contributed by atoms with Gasteiger partial charge in [-0.3, -0.25) is 4.90 Å². The maximum absolute atomic E-state index is 12.6. The van der Waals surface area contributed by atoms with E-state index in [1.54, 1.807) is 6.07 Å². The van der Waals surface area contributed by atoms with Gasteiger partial charge in [-0.25, -0.2) is 0 Å². The van der Waals surface area contributed by atoms with Crippen LogP contribution in [0.25, 0.3) is 0 Å². The van der Waals surface area contributed by atoms with Crippen molar-refractivity contribution in [2.45, 2.75) is 32.7 Å². The number of halogens is 3. The van der Waals surface area contributed by atoms with Crippen LogP contribution in [0.15, 0.2) is 18.2 Å². The highest BCUT2D eigenvalue weighted by atomic mass is 19.4. The molecule has 1 N–H and O–H groups in total. The topological polar surface area (TPSA) is 33.7 Å². The van der Waals surface area contributed by atoms with Crippen molar-refractivity contribution < 1.29 is 22.6 Å². The Balaban J connectivity index is 2.40. The van der Waals surface area contributed by atoms with Crippen molar-refractivity contribution in [3.8, 4) is 11.5 Å². The Hall–Kier alpha value is -1.47. The van der Waals surface area contributed by atoms with Crippen LogP contribution in [0.5, 0.6) is 11.5 Å². The fraction of sp³-hybridized carbons (Fsp3) is 0.647. The minimum atomic E-state index is -4.70. The van der Waals surface area contributed by atoms with E-state index in [0.29, 0.717) is 5.75 Å². The maximum atomic E-state index is 12.6. The Labute approximate surface area is 140 Å². The summed E-state index contributed by atoms with van der Waals surface area (Å²) in [5, 5.41) is 3.30. The Morgan fingerprint density at radius 1 is 1.25 bits per heavy atom. The van der Waals surface area contributed by atoms with E-state index in [4.69, 9.17) is 4.74 Å². The number of hydrogen-bond donors (Lipinski definition) is 1. The maximum Gasteiger partial charge on any atom is 0.573 e. The lowest BCUT2D eigenvalue weighted by molar-refractivity contribution is -0.274. The molecule has 0 bridgehead atoms. The molecule has 24 heavy (non-hydrogen) atoms. The minimum Gasteiger partial charge on any atom is -0.496 e. The first-order valence-corrected chi connectivity index (χ1v) is 8.24. The lowest BCUT2D eigenvalue weighted by Crippen LogP contribution is -2.46. The third kappa shape index (κ3) is 4.77. The van der Waals surface area contributed by atoms with Crippen LogP contribution in [0.2, 0.25) is 0 Å². The van der Waals surface area contributed by atoms with Crippen LogP contribution in [0, 0.1) is 5.92 Å². The van der Waals surface area contributed by atoms with Gasteiger partial charge in [0, 0.05) is 37.8 Å². The molecule has 0 aliphatic carbocycles. The Kier molecular flexibility index (Phi) is 6.34. The van der Waals surface area contributed by atoms with Crippen molar-refractivity contribution >= 4 is 0 Å². The number of rotatable bonds is 6. The molecule has 136 valence electrons. The van der Waals surface area contributed by atoms with Crippen LogP contribution in [-0.2, 0) is 0 Å². The minimum absolute atomic E-state index is 0.0103. The first-order chi connectivity index (χ1) is 11.4. The largest absolute Gasteiger partial charge is 0.573 e. The number of hydrogen-bond acceptors (Lipinski definition) is 4. The smallest absolute Gasteiger partial charge is 0.496 e. The zero-order chi connectivity index (χ0) is 17.7. The van der Waals surface area contributed by atoms with E-state index in [9.17, 15) is 13.2 Å². The van der Waals surface area contributed by atoms with E-state index < -0.39 is 6.36 Å². The zero-order valence-corrected chi connectivity index (χ0v) is 14.3. The first-order valence-electron chi connectivity index (χ1n) is 8.24. The van der Waals surface area contributed by atoms with Crippen LogP contribution >= 0.6 is 0 Å². The Morgan fingerprint density at radius 3 is 2.46 bits per heavy atom. The highest BCUT2D eigenvalue weighted by Gasteiger charge is 2.33. The monoisotopic (exact) mass is 346 g/mol. The molecule has 1 aliphatic rings. The lowest BCUT2D eigenvalue weighted by Gasteiger charge is -2.39. The number of piperazine rings is 1. The normalized spacial score (nSPS) is 18.9. The van der Waals surface area contributed by atoms with Crippen molar-refractivity contribution in [3.05, 3.63) is 23.8 Å². The van der Waals surface area contributed by atoms with Crippen molar-refractivity contribution in [2.75, 3.05) is 33.3 Å². The number of methoxy groups -OCH3 is 1. The summed E-state index contributed by atoms with van der Waals surface area (Å²) < 4.78 is 47.2. The van der Waals surface area contributed by atoms with Gasteiger partial charge in [-0.15, -0.1) is 13.2 Å². The third-order valence-electron chi connectivity index (χ3n) is 4.48. The molecule has 0 radical (unpaired) electrons. The van der Waals surface area contributed by atoms with Gasteiger partial charge in [0.25, 0.3) is 0 Å². The molecule has 1 heterocycles. The molecular weight excluding hydrogens is 321 g/mol. The van der Waals surface area contributed by atoms with Gasteiger partial charge in [0.1, 0.15) is 11.5 Å². The standard InChI is InChI=1S/C17H25F3N2O2/c1-4-12(2)16(22-9-7-21-8-10-22)14-11-13(24-17(18,19)20)5-6-15(14)23-3/h5-6,11-12,16,21H,4,7-10H2,1-3H3/t12?,16-/m0/s1. The molecule has 1 aliphatic heterocycles.